The van der Waals surface area contributed by atoms with Gasteiger partial charge in [0.15, 0.2) is 11.5 Å². The van der Waals surface area contributed by atoms with E-state index in [9.17, 15) is 29.4 Å². The first kappa shape index (κ1) is 24.3. The largest absolute Gasteiger partial charge is 0.503 e. The fourth-order valence-corrected chi connectivity index (χ4v) is 3.38. The maximum Gasteiger partial charge on any atom is 0.226 e. The van der Waals surface area contributed by atoms with Crippen molar-refractivity contribution in [1.82, 2.24) is 9.13 Å². The number of benzene rings is 1. The molecule has 1 aromatic carbocycles. The van der Waals surface area contributed by atoms with Gasteiger partial charge in [-0.2, -0.15) is 0 Å². The second kappa shape index (κ2) is 10.5. The molecule has 3 rings (SSSR count). The second-order valence-electron chi connectivity index (χ2n) is 7.76. The summed E-state index contributed by atoms with van der Waals surface area (Å²) in [5, 5.41) is 25.1. The highest BCUT2D eigenvalue weighted by Gasteiger charge is 2.12. The molecule has 0 spiro atoms. The number of aryl methyl sites for hydroxylation is 2. The molecule has 0 aliphatic carbocycles. The van der Waals surface area contributed by atoms with Gasteiger partial charge >= 0.3 is 0 Å². The van der Waals surface area contributed by atoms with E-state index in [1.54, 1.807) is 47.2 Å². The van der Waals surface area contributed by atoms with Crippen molar-refractivity contribution in [2.24, 2.45) is 0 Å². The lowest BCUT2D eigenvalue weighted by atomic mass is 10.2. The normalized spacial score (nSPS) is 10.6. The Kier molecular flexibility index (Phi) is 7.52. The summed E-state index contributed by atoms with van der Waals surface area (Å²) in [6.45, 7) is 3.70. The summed E-state index contributed by atoms with van der Waals surface area (Å²) in [6.07, 6.45) is 3.20. The monoisotopic (exact) mass is 466 g/mol. The molecule has 10 nitrogen and oxygen atoms in total. The maximum atomic E-state index is 12.5. The minimum Gasteiger partial charge on any atom is -0.503 e. The van der Waals surface area contributed by atoms with Crippen molar-refractivity contribution in [3.8, 4) is 11.5 Å². The maximum absolute atomic E-state index is 12.5. The number of nitrogens with zero attached hydrogens (tertiary/aromatic N) is 2. The Hall–Kier alpha value is -4.34. The van der Waals surface area contributed by atoms with Crippen molar-refractivity contribution in [1.29, 1.82) is 0 Å². The van der Waals surface area contributed by atoms with Gasteiger partial charge in [0.05, 0.1) is 22.8 Å². The van der Waals surface area contributed by atoms with E-state index in [1.165, 1.54) is 24.5 Å². The lowest BCUT2D eigenvalue weighted by Crippen LogP contribution is -2.20. The standard InChI is InChI=1S/C24H26N4O6/c1-15-23(33)19(29)7-11-27(15)13-9-21(31)25-17-5-3-4-6-18(17)26-22(32)10-14-28-12-8-20(30)24(34)16(28)2/h3-8,11-12,33-34H,9-10,13-14H2,1-2H3,(H,25,31)(H,26,32). The average molecular weight is 466 g/mol. The van der Waals surface area contributed by atoms with Crippen LogP contribution in [-0.4, -0.2) is 31.2 Å². The van der Waals surface area contributed by atoms with Crippen LogP contribution in [0.5, 0.6) is 11.5 Å². The Labute approximate surface area is 195 Å². The molecule has 0 aliphatic rings. The van der Waals surface area contributed by atoms with E-state index in [0.717, 1.165) is 0 Å². The van der Waals surface area contributed by atoms with Crippen LogP contribution in [0.25, 0.3) is 0 Å². The molecule has 0 aliphatic heterocycles. The highest BCUT2D eigenvalue weighted by molar-refractivity contribution is 5.99. The quantitative estimate of drug-likeness (QED) is 0.400. The van der Waals surface area contributed by atoms with Gasteiger partial charge in [-0.3, -0.25) is 19.2 Å². The molecule has 0 saturated carbocycles. The van der Waals surface area contributed by atoms with E-state index in [4.69, 9.17) is 0 Å². The van der Waals surface area contributed by atoms with Crippen LogP contribution in [0, 0.1) is 13.8 Å². The predicted octanol–water partition coefficient (Wildman–Crippen LogP) is 2.10. The first-order valence-corrected chi connectivity index (χ1v) is 10.6. The summed E-state index contributed by atoms with van der Waals surface area (Å²) < 4.78 is 3.22. The zero-order valence-corrected chi connectivity index (χ0v) is 18.9. The molecule has 0 atom stereocenters. The molecule has 0 fully saturated rings. The van der Waals surface area contributed by atoms with E-state index in [2.05, 4.69) is 10.6 Å². The molecular formula is C24H26N4O6. The topological polar surface area (TPSA) is 143 Å². The summed E-state index contributed by atoms with van der Waals surface area (Å²) in [4.78, 5) is 47.9. The number of aromatic hydroxyl groups is 2. The first-order chi connectivity index (χ1) is 16.2. The number of carbonyl (C=O) groups is 2. The lowest BCUT2D eigenvalue weighted by Gasteiger charge is -2.15. The Morgan fingerprint density at radius 1 is 0.735 bits per heavy atom. The third-order valence-electron chi connectivity index (χ3n) is 5.46. The lowest BCUT2D eigenvalue weighted by molar-refractivity contribution is -0.117. The van der Waals surface area contributed by atoms with Gasteiger partial charge in [0.2, 0.25) is 22.7 Å². The molecule has 0 saturated heterocycles. The average Bonchev–Trinajstić information content (AvgIpc) is 2.81. The van der Waals surface area contributed by atoms with Crippen molar-refractivity contribution in [3.05, 3.63) is 80.6 Å². The summed E-state index contributed by atoms with van der Waals surface area (Å²) in [5.41, 5.74) is 0.653. The minimum absolute atomic E-state index is 0.0839. The molecule has 0 radical (unpaired) electrons. The number of carbonyl (C=O) groups excluding carboxylic acids is 2. The molecule has 0 unspecified atom stereocenters. The second-order valence-corrected chi connectivity index (χ2v) is 7.76. The highest BCUT2D eigenvalue weighted by Crippen LogP contribution is 2.22. The van der Waals surface area contributed by atoms with E-state index in [1.807, 2.05) is 0 Å². The van der Waals surface area contributed by atoms with Crippen LogP contribution in [0.4, 0.5) is 11.4 Å². The molecule has 2 amide bonds. The number of hydrogen-bond donors (Lipinski definition) is 4. The molecule has 2 heterocycles. The number of rotatable bonds is 8. The van der Waals surface area contributed by atoms with E-state index >= 15 is 0 Å². The molecule has 2 aromatic heterocycles. The molecule has 178 valence electrons. The Morgan fingerprint density at radius 2 is 1.12 bits per heavy atom. The van der Waals surface area contributed by atoms with Crippen LogP contribution in [0.3, 0.4) is 0 Å². The Morgan fingerprint density at radius 3 is 1.50 bits per heavy atom. The molecular weight excluding hydrogens is 440 g/mol. The zero-order valence-electron chi connectivity index (χ0n) is 18.9. The van der Waals surface area contributed by atoms with Gasteiger partial charge in [-0.15, -0.1) is 0 Å². The van der Waals surface area contributed by atoms with Crippen LogP contribution in [0.15, 0.2) is 58.4 Å². The van der Waals surface area contributed by atoms with E-state index < -0.39 is 10.9 Å². The van der Waals surface area contributed by atoms with Gasteiger partial charge in [0.1, 0.15) is 0 Å². The van der Waals surface area contributed by atoms with Crippen LogP contribution in [0.1, 0.15) is 24.2 Å². The fraction of sp³-hybridized carbons (Fsp3) is 0.250. The number of aromatic nitrogens is 2. The number of pyridine rings is 2. The Balaban J connectivity index is 1.60. The van der Waals surface area contributed by atoms with Crippen LogP contribution in [0.2, 0.25) is 0 Å². The number of amides is 2. The molecule has 10 heteroatoms. The van der Waals surface area contributed by atoms with Crippen molar-refractivity contribution in [2.45, 2.75) is 39.8 Å². The number of anilines is 2. The van der Waals surface area contributed by atoms with Gasteiger partial charge in [-0.1, -0.05) is 12.1 Å². The summed E-state index contributed by atoms with van der Waals surface area (Å²) >= 11 is 0. The van der Waals surface area contributed by atoms with Gasteiger partial charge in [0.25, 0.3) is 0 Å². The van der Waals surface area contributed by atoms with Gasteiger partial charge < -0.3 is 30.0 Å². The van der Waals surface area contributed by atoms with Crippen LogP contribution >= 0.6 is 0 Å². The fourth-order valence-electron chi connectivity index (χ4n) is 3.38. The van der Waals surface area contributed by atoms with Gasteiger partial charge in [0, 0.05) is 50.5 Å². The van der Waals surface area contributed by atoms with Crippen molar-refractivity contribution < 1.29 is 19.8 Å². The molecule has 0 bridgehead atoms. The number of hydrogen-bond acceptors (Lipinski definition) is 6. The smallest absolute Gasteiger partial charge is 0.226 e. The van der Waals surface area contributed by atoms with Crippen molar-refractivity contribution >= 4 is 23.2 Å². The van der Waals surface area contributed by atoms with E-state index in [-0.39, 0.29) is 49.2 Å². The predicted molar refractivity (Wildman–Crippen MR) is 127 cm³/mol. The molecule has 34 heavy (non-hydrogen) atoms. The number of nitrogens with one attached hydrogen (secondary N) is 2. The third-order valence-corrected chi connectivity index (χ3v) is 5.46. The van der Waals surface area contributed by atoms with Crippen molar-refractivity contribution in [3.63, 3.8) is 0 Å². The first-order valence-electron chi connectivity index (χ1n) is 10.6. The van der Waals surface area contributed by atoms with Crippen LogP contribution < -0.4 is 21.5 Å². The Bertz CT molecular complexity index is 1240. The van der Waals surface area contributed by atoms with E-state index in [0.29, 0.717) is 22.8 Å². The molecule has 4 N–H and O–H groups in total. The van der Waals surface area contributed by atoms with Crippen LogP contribution in [-0.2, 0) is 22.7 Å². The summed E-state index contributed by atoms with van der Waals surface area (Å²) in [5.74, 6) is -1.30. The SMILES string of the molecule is Cc1c(O)c(=O)ccn1CCC(=O)Nc1ccccc1NC(=O)CCn1ccc(=O)c(O)c1C. The third kappa shape index (κ3) is 5.71. The molecule has 3 aromatic rings. The zero-order chi connectivity index (χ0) is 24.8. The highest BCUT2D eigenvalue weighted by atomic mass is 16.3. The summed E-state index contributed by atoms with van der Waals surface area (Å²) in [6, 6.07) is 9.24. The van der Waals surface area contributed by atoms with Gasteiger partial charge in [-0.05, 0) is 26.0 Å². The number of para-hydroxylation sites is 2. The minimum atomic E-state index is -0.476. The summed E-state index contributed by atoms with van der Waals surface area (Å²) in [7, 11) is 0. The van der Waals surface area contributed by atoms with Crippen molar-refractivity contribution in [2.75, 3.05) is 10.6 Å². The van der Waals surface area contributed by atoms with Gasteiger partial charge in [-0.25, -0.2) is 0 Å².